The molecule has 0 bridgehead atoms. The van der Waals surface area contributed by atoms with Gasteiger partial charge in [0.1, 0.15) is 11.9 Å². The minimum Gasteiger partial charge on any atom is -0.444 e. The first-order valence-electron chi connectivity index (χ1n) is 13.1. The van der Waals surface area contributed by atoms with E-state index in [1.54, 1.807) is 11.2 Å². The Morgan fingerprint density at radius 2 is 1.87 bits per heavy atom. The molecule has 1 aromatic heterocycles. The Kier molecular flexibility index (Phi) is 6.03. The fraction of sp³-hybridized carbons (Fsp3) is 0.323. The third-order valence-corrected chi connectivity index (χ3v) is 7.98. The molecule has 6 rings (SSSR count). The second-order valence-corrected chi connectivity index (χ2v) is 11.9. The molecule has 1 aliphatic heterocycles. The number of halogens is 1. The smallest absolute Gasteiger partial charge is 0.411 e. The zero-order valence-electron chi connectivity index (χ0n) is 21.9. The lowest BCUT2D eigenvalue weighted by Crippen LogP contribution is -2.36. The van der Waals surface area contributed by atoms with E-state index in [0.717, 1.165) is 36.1 Å². The number of carbonyl (C=O) groups excluding carboxylic acids is 1. The maximum Gasteiger partial charge on any atom is 0.411 e. The summed E-state index contributed by atoms with van der Waals surface area (Å²) < 4.78 is 7.63. The quantitative estimate of drug-likeness (QED) is 0.256. The van der Waals surface area contributed by atoms with Crippen LogP contribution in [0.4, 0.5) is 4.79 Å². The summed E-state index contributed by atoms with van der Waals surface area (Å²) in [5, 5.41) is 10.9. The molecule has 3 aromatic carbocycles. The van der Waals surface area contributed by atoms with E-state index in [-0.39, 0.29) is 6.09 Å². The topological polar surface area (TPSA) is 60.2 Å². The minimum atomic E-state index is -0.585. The van der Waals surface area contributed by atoms with Crippen LogP contribution in [0.25, 0.3) is 22.0 Å². The van der Waals surface area contributed by atoms with Gasteiger partial charge in [-0.15, -0.1) is 21.8 Å². The number of nitrogens with zero attached hydrogens (tertiary/aromatic N) is 4. The molecule has 1 amide bonds. The molecule has 2 heterocycles. The van der Waals surface area contributed by atoms with Gasteiger partial charge in [-0.05, 0) is 79.1 Å². The number of benzene rings is 3. The van der Waals surface area contributed by atoms with Crippen LogP contribution in [0.2, 0.25) is 0 Å². The zero-order chi connectivity index (χ0) is 26.5. The summed E-state index contributed by atoms with van der Waals surface area (Å²) in [5.74, 6) is 0.697. The number of amides is 1. The molecule has 0 radical (unpaired) electrons. The van der Waals surface area contributed by atoms with Crippen LogP contribution in [-0.2, 0) is 22.7 Å². The molecule has 194 valence electrons. The Morgan fingerprint density at radius 3 is 2.66 bits per heavy atom. The number of aromatic nitrogens is 3. The first kappa shape index (κ1) is 24.7. The standard InChI is InChI=1S/C31H31ClN4O2/c1-30(2,3)38-29(37)35-18-23-17-24(11-12-27(23)36-20-33-34-28(36)19-35)31(32)15-13-22(14-16-31)26-10-6-8-21-7-4-5-9-25(21)26/h4-13,17,20H,14-16,18-19H2,1-3H3. The van der Waals surface area contributed by atoms with Crippen LogP contribution < -0.4 is 0 Å². The van der Waals surface area contributed by atoms with E-state index in [0.29, 0.717) is 18.9 Å². The van der Waals surface area contributed by atoms with Crippen LogP contribution in [0.1, 0.15) is 62.5 Å². The van der Waals surface area contributed by atoms with Crippen molar-refractivity contribution in [2.75, 3.05) is 0 Å². The number of rotatable bonds is 2. The number of carbonyl (C=O) groups is 1. The van der Waals surface area contributed by atoms with Gasteiger partial charge >= 0.3 is 6.09 Å². The van der Waals surface area contributed by atoms with Gasteiger partial charge in [-0.1, -0.05) is 60.7 Å². The first-order valence-corrected chi connectivity index (χ1v) is 13.4. The maximum absolute atomic E-state index is 13.0. The Hall–Kier alpha value is -3.64. The van der Waals surface area contributed by atoms with Crippen molar-refractivity contribution in [1.29, 1.82) is 0 Å². The van der Waals surface area contributed by atoms with Gasteiger partial charge in [0.15, 0.2) is 5.82 Å². The van der Waals surface area contributed by atoms with Crippen molar-refractivity contribution in [3.8, 4) is 5.69 Å². The van der Waals surface area contributed by atoms with Crippen molar-refractivity contribution in [3.05, 3.63) is 95.6 Å². The van der Waals surface area contributed by atoms with Gasteiger partial charge < -0.3 is 4.74 Å². The Bertz CT molecular complexity index is 1560. The highest BCUT2D eigenvalue weighted by Crippen LogP contribution is 2.46. The molecule has 1 aliphatic carbocycles. The van der Waals surface area contributed by atoms with Gasteiger partial charge in [0.25, 0.3) is 0 Å². The van der Waals surface area contributed by atoms with Crippen molar-refractivity contribution < 1.29 is 9.53 Å². The predicted octanol–water partition coefficient (Wildman–Crippen LogP) is 7.37. The largest absolute Gasteiger partial charge is 0.444 e. The van der Waals surface area contributed by atoms with Gasteiger partial charge in [0, 0.05) is 0 Å². The SMILES string of the molecule is CC(C)(C)OC(=O)N1Cc2cc(C3(Cl)CC=C(c4cccc5ccccc45)CC3)ccc2-n2cnnc2C1. The van der Waals surface area contributed by atoms with E-state index in [9.17, 15) is 4.79 Å². The Morgan fingerprint density at radius 1 is 1.05 bits per heavy atom. The van der Waals surface area contributed by atoms with Gasteiger partial charge in [-0.25, -0.2) is 4.79 Å². The summed E-state index contributed by atoms with van der Waals surface area (Å²) in [6.45, 7) is 6.35. The van der Waals surface area contributed by atoms with Crippen LogP contribution in [0.3, 0.4) is 0 Å². The fourth-order valence-electron chi connectivity index (χ4n) is 5.52. The monoisotopic (exact) mass is 526 g/mol. The molecular weight excluding hydrogens is 496 g/mol. The van der Waals surface area contributed by atoms with Crippen molar-refractivity contribution in [1.82, 2.24) is 19.7 Å². The van der Waals surface area contributed by atoms with Crippen molar-refractivity contribution in [2.45, 2.75) is 63.6 Å². The first-order chi connectivity index (χ1) is 18.2. The fourth-order valence-corrected chi connectivity index (χ4v) is 5.80. The highest BCUT2D eigenvalue weighted by atomic mass is 35.5. The predicted molar refractivity (Wildman–Crippen MR) is 150 cm³/mol. The van der Waals surface area contributed by atoms with Crippen LogP contribution in [-0.4, -0.2) is 31.4 Å². The molecule has 1 unspecified atom stereocenters. The van der Waals surface area contributed by atoms with Crippen molar-refractivity contribution in [2.24, 2.45) is 0 Å². The number of fused-ring (bicyclic) bond motifs is 4. The van der Waals surface area contributed by atoms with E-state index >= 15 is 0 Å². The summed E-state index contributed by atoms with van der Waals surface area (Å²) in [6, 6.07) is 21.3. The Balaban J connectivity index is 1.32. The third-order valence-electron chi connectivity index (χ3n) is 7.42. The van der Waals surface area contributed by atoms with Gasteiger partial charge in [-0.3, -0.25) is 9.47 Å². The third kappa shape index (κ3) is 4.58. The van der Waals surface area contributed by atoms with Crippen LogP contribution in [0.15, 0.2) is 73.1 Å². The normalized spacial score (nSPS) is 19.4. The average Bonchev–Trinajstić information content (AvgIpc) is 3.29. The van der Waals surface area contributed by atoms with E-state index in [4.69, 9.17) is 16.3 Å². The molecule has 4 aromatic rings. The van der Waals surface area contributed by atoms with E-state index < -0.39 is 10.5 Å². The number of hydrogen-bond acceptors (Lipinski definition) is 4. The molecular formula is C31H31ClN4O2. The van der Waals surface area contributed by atoms with Crippen molar-refractivity contribution >= 4 is 34.0 Å². The zero-order valence-corrected chi connectivity index (χ0v) is 22.7. The molecule has 0 saturated heterocycles. The summed E-state index contributed by atoms with van der Waals surface area (Å²) in [6.07, 6.45) is 6.09. The van der Waals surface area contributed by atoms with E-state index in [2.05, 4.69) is 76.9 Å². The van der Waals surface area contributed by atoms with Gasteiger partial charge in [0.05, 0.1) is 23.7 Å². The summed E-state index contributed by atoms with van der Waals surface area (Å²) in [5.41, 5.74) is 5.07. The lowest BCUT2D eigenvalue weighted by atomic mass is 9.80. The lowest BCUT2D eigenvalue weighted by Gasteiger charge is -2.32. The molecule has 2 aliphatic rings. The molecule has 0 spiro atoms. The molecule has 6 nitrogen and oxygen atoms in total. The van der Waals surface area contributed by atoms with Crippen LogP contribution in [0.5, 0.6) is 0 Å². The number of allylic oxidation sites excluding steroid dienone is 2. The highest BCUT2D eigenvalue weighted by molar-refractivity contribution is 6.24. The molecule has 7 heteroatoms. The molecule has 0 saturated carbocycles. The molecule has 38 heavy (non-hydrogen) atoms. The van der Waals surface area contributed by atoms with E-state index in [1.165, 1.54) is 21.9 Å². The van der Waals surface area contributed by atoms with Crippen molar-refractivity contribution in [3.63, 3.8) is 0 Å². The van der Waals surface area contributed by atoms with E-state index in [1.807, 2.05) is 25.3 Å². The summed E-state index contributed by atoms with van der Waals surface area (Å²) >= 11 is 7.34. The van der Waals surface area contributed by atoms with Gasteiger partial charge in [-0.2, -0.15) is 0 Å². The summed E-state index contributed by atoms with van der Waals surface area (Å²) in [4.78, 5) is 14.2. The number of hydrogen-bond donors (Lipinski definition) is 0. The summed E-state index contributed by atoms with van der Waals surface area (Å²) in [7, 11) is 0. The molecule has 0 N–H and O–H groups in total. The second-order valence-electron chi connectivity index (χ2n) is 11.2. The maximum atomic E-state index is 13.0. The average molecular weight is 527 g/mol. The second kappa shape index (κ2) is 9.28. The van der Waals surface area contributed by atoms with Crippen LogP contribution >= 0.6 is 11.6 Å². The van der Waals surface area contributed by atoms with Gasteiger partial charge in [0.2, 0.25) is 0 Å². The lowest BCUT2D eigenvalue weighted by molar-refractivity contribution is 0.0214. The number of alkyl halides is 1. The Labute approximate surface area is 227 Å². The minimum absolute atomic E-state index is 0.322. The highest BCUT2D eigenvalue weighted by Gasteiger charge is 2.34. The molecule has 0 fully saturated rings. The van der Waals surface area contributed by atoms with Crippen LogP contribution in [0, 0.1) is 0 Å². The molecule has 1 atom stereocenters. The number of ether oxygens (including phenoxy) is 1.